The normalized spacial score (nSPS) is 10.1. The minimum absolute atomic E-state index is 0.138. The molecule has 0 atom stereocenters. The van der Waals surface area contributed by atoms with Crippen molar-refractivity contribution in [2.24, 2.45) is 0 Å². The molecule has 0 fully saturated rings. The minimum Gasteiger partial charge on any atom is -0.476 e. The molecule has 1 heterocycles. The molecule has 66 valence electrons. The van der Waals surface area contributed by atoms with Crippen molar-refractivity contribution < 1.29 is 14.6 Å². The van der Waals surface area contributed by atoms with Crippen molar-refractivity contribution in [2.45, 2.75) is 6.73 Å². The number of carboxylic acid groups (broad SMARTS) is 1. The summed E-state index contributed by atoms with van der Waals surface area (Å²) < 4.78 is 6.05. The Kier molecular flexibility index (Phi) is 2.29. The lowest BCUT2D eigenvalue weighted by molar-refractivity contribution is 0.0686. The van der Waals surface area contributed by atoms with Gasteiger partial charge in [0.1, 0.15) is 6.73 Å². The molecule has 0 unspecified atom stereocenters. The zero-order valence-corrected chi connectivity index (χ0v) is 6.52. The van der Waals surface area contributed by atoms with Gasteiger partial charge in [0, 0.05) is 7.11 Å². The highest BCUT2D eigenvalue weighted by Gasteiger charge is 2.12. The molecule has 0 aliphatic carbocycles. The van der Waals surface area contributed by atoms with Crippen LogP contribution in [0.1, 0.15) is 10.5 Å². The van der Waals surface area contributed by atoms with E-state index in [2.05, 4.69) is 5.10 Å². The van der Waals surface area contributed by atoms with Crippen LogP contribution < -0.4 is 5.73 Å². The Labute approximate surface area is 68.5 Å². The average molecular weight is 171 g/mol. The first-order valence-electron chi connectivity index (χ1n) is 3.20. The summed E-state index contributed by atoms with van der Waals surface area (Å²) in [6.45, 7) is 0.192. The van der Waals surface area contributed by atoms with Gasteiger partial charge in [0.2, 0.25) is 0 Å². The third-order valence-corrected chi connectivity index (χ3v) is 1.25. The summed E-state index contributed by atoms with van der Waals surface area (Å²) >= 11 is 0. The van der Waals surface area contributed by atoms with E-state index in [4.69, 9.17) is 15.6 Å². The van der Waals surface area contributed by atoms with Gasteiger partial charge in [0.25, 0.3) is 0 Å². The van der Waals surface area contributed by atoms with Gasteiger partial charge < -0.3 is 15.6 Å². The van der Waals surface area contributed by atoms with Crippen LogP contribution in [0, 0.1) is 0 Å². The van der Waals surface area contributed by atoms with Gasteiger partial charge in [-0.05, 0) is 0 Å². The maximum Gasteiger partial charge on any atom is 0.358 e. The fourth-order valence-electron chi connectivity index (χ4n) is 0.801. The first kappa shape index (κ1) is 8.54. The zero-order chi connectivity index (χ0) is 9.14. The number of hydrogen-bond acceptors (Lipinski definition) is 4. The second-order valence-electron chi connectivity index (χ2n) is 2.20. The van der Waals surface area contributed by atoms with Gasteiger partial charge in [-0.15, -0.1) is 0 Å². The van der Waals surface area contributed by atoms with Crippen LogP contribution in [0.4, 0.5) is 5.69 Å². The van der Waals surface area contributed by atoms with E-state index in [0.717, 1.165) is 0 Å². The highest BCUT2D eigenvalue weighted by atomic mass is 16.5. The molecule has 6 heteroatoms. The number of hydrogen-bond donors (Lipinski definition) is 2. The molecule has 0 aromatic carbocycles. The molecule has 0 bridgehead atoms. The molecule has 0 aliphatic heterocycles. The quantitative estimate of drug-likeness (QED) is 0.655. The van der Waals surface area contributed by atoms with Crippen LogP contribution in [-0.2, 0) is 11.5 Å². The lowest BCUT2D eigenvalue weighted by atomic mass is 10.4. The Balaban J connectivity index is 2.92. The summed E-state index contributed by atoms with van der Waals surface area (Å²) in [7, 11) is 1.48. The van der Waals surface area contributed by atoms with Crippen LogP contribution in [0.5, 0.6) is 0 Å². The number of anilines is 1. The van der Waals surface area contributed by atoms with Crippen molar-refractivity contribution in [3.05, 3.63) is 11.9 Å². The van der Waals surface area contributed by atoms with E-state index >= 15 is 0 Å². The van der Waals surface area contributed by atoms with Crippen LogP contribution in [0.15, 0.2) is 6.20 Å². The molecule has 12 heavy (non-hydrogen) atoms. The van der Waals surface area contributed by atoms with Crippen LogP contribution in [0.2, 0.25) is 0 Å². The third-order valence-electron chi connectivity index (χ3n) is 1.25. The van der Waals surface area contributed by atoms with Crippen LogP contribution in [0.25, 0.3) is 0 Å². The van der Waals surface area contributed by atoms with Crippen molar-refractivity contribution in [1.82, 2.24) is 9.78 Å². The van der Waals surface area contributed by atoms with Crippen molar-refractivity contribution >= 4 is 11.7 Å². The number of nitrogens with two attached hydrogens (primary N) is 1. The van der Waals surface area contributed by atoms with Crippen molar-refractivity contribution in [2.75, 3.05) is 12.8 Å². The molecule has 1 aromatic heterocycles. The maximum atomic E-state index is 10.4. The zero-order valence-electron chi connectivity index (χ0n) is 6.52. The maximum absolute atomic E-state index is 10.4. The van der Waals surface area contributed by atoms with Crippen LogP contribution in [0.3, 0.4) is 0 Å². The van der Waals surface area contributed by atoms with Gasteiger partial charge in [-0.25, -0.2) is 9.48 Å². The Bertz CT molecular complexity index is 294. The molecule has 0 spiro atoms. The van der Waals surface area contributed by atoms with Gasteiger partial charge in [-0.1, -0.05) is 0 Å². The lowest BCUT2D eigenvalue weighted by Gasteiger charge is -1.95. The second kappa shape index (κ2) is 3.22. The first-order chi connectivity index (χ1) is 5.65. The smallest absolute Gasteiger partial charge is 0.358 e. The number of carboxylic acids is 1. The summed E-state index contributed by atoms with van der Waals surface area (Å²) in [4.78, 5) is 10.4. The minimum atomic E-state index is -1.14. The van der Waals surface area contributed by atoms with E-state index in [1.54, 1.807) is 0 Å². The standard InChI is InChI=1S/C6H9N3O3/c1-12-3-9-2-4(7)5(8-9)6(10)11/h2H,3,7H2,1H3,(H,10,11). The number of rotatable bonds is 3. The monoisotopic (exact) mass is 171 g/mol. The molecule has 3 N–H and O–H groups in total. The van der Waals surface area contributed by atoms with E-state index in [0.29, 0.717) is 0 Å². The SMILES string of the molecule is COCn1cc(N)c(C(=O)O)n1. The molecule has 6 nitrogen and oxygen atoms in total. The second-order valence-corrected chi connectivity index (χ2v) is 2.20. The van der Waals surface area contributed by atoms with E-state index in [-0.39, 0.29) is 18.1 Å². The van der Waals surface area contributed by atoms with Gasteiger partial charge in [0.15, 0.2) is 5.69 Å². The predicted octanol–water partition coefficient (Wildman–Crippen LogP) is -0.233. The predicted molar refractivity (Wildman–Crippen MR) is 40.6 cm³/mol. The Morgan fingerprint density at radius 3 is 3.00 bits per heavy atom. The lowest BCUT2D eigenvalue weighted by Crippen LogP contribution is -2.04. The van der Waals surface area contributed by atoms with Gasteiger partial charge in [-0.3, -0.25) is 0 Å². The van der Waals surface area contributed by atoms with Crippen molar-refractivity contribution in [3.63, 3.8) is 0 Å². The molecule has 0 radical (unpaired) electrons. The Morgan fingerprint density at radius 1 is 1.92 bits per heavy atom. The number of aromatic carboxylic acids is 1. The van der Waals surface area contributed by atoms with Crippen LogP contribution >= 0.6 is 0 Å². The highest BCUT2D eigenvalue weighted by Crippen LogP contribution is 2.08. The molecule has 0 saturated carbocycles. The number of nitrogens with zero attached hydrogens (tertiary/aromatic N) is 2. The summed E-state index contributed by atoms with van der Waals surface area (Å²) in [6.07, 6.45) is 1.41. The topological polar surface area (TPSA) is 90.4 Å². The summed E-state index contributed by atoms with van der Waals surface area (Å²) in [6, 6.07) is 0. The van der Waals surface area contributed by atoms with Crippen LogP contribution in [-0.4, -0.2) is 28.0 Å². The van der Waals surface area contributed by atoms with E-state index in [9.17, 15) is 4.79 Å². The molecular weight excluding hydrogens is 162 g/mol. The summed E-state index contributed by atoms with van der Waals surface area (Å²) in [5, 5.41) is 12.2. The molecule has 1 aromatic rings. The molecule has 0 aliphatic rings. The number of carbonyl (C=O) groups is 1. The van der Waals surface area contributed by atoms with E-state index in [1.165, 1.54) is 18.0 Å². The highest BCUT2D eigenvalue weighted by molar-refractivity contribution is 5.90. The average Bonchev–Trinajstić information content (AvgIpc) is 2.32. The fourth-order valence-corrected chi connectivity index (χ4v) is 0.801. The Morgan fingerprint density at radius 2 is 2.58 bits per heavy atom. The first-order valence-corrected chi connectivity index (χ1v) is 3.20. The van der Waals surface area contributed by atoms with Gasteiger partial charge >= 0.3 is 5.97 Å². The number of methoxy groups -OCH3 is 1. The largest absolute Gasteiger partial charge is 0.476 e. The summed E-state index contributed by atoms with van der Waals surface area (Å²) in [5.41, 5.74) is 5.35. The van der Waals surface area contributed by atoms with Crippen molar-refractivity contribution in [1.29, 1.82) is 0 Å². The molecule has 0 amide bonds. The third kappa shape index (κ3) is 1.54. The van der Waals surface area contributed by atoms with Gasteiger partial charge in [0.05, 0.1) is 11.9 Å². The molecule has 1 rings (SSSR count). The molecule has 0 saturated heterocycles. The van der Waals surface area contributed by atoms with E-state index in [1.807, 2.05) is 0 Å². The fraction of sp³-hybridized carbons (Fsp3) is 0.333. The Hall–Kier alpha value is -1.56. The van der Waals surface area contributed by atoms with Crippen molar-refractivity contribution in [3.8, 4) is 0 Å². The number of ether oxygens (including phenoxy) is 1. The number of aromatic nitrogens is 2. The van der Waals surface area contributed by atoms with Gasteiger partial charge in [-0.2, -0.15) is 5.10 Å². The summed E-state index contributed by atoms with van der Waals surface area (Å²) in [5.74, 6) is -1.14. The molecular formula is C6H9N3O3. The van der Waals surface area contributed by atoms with E-state index < -0.39 is 5.97 Å². The number of nitrogen functional groups attached to an aromatic ring is 1.